The van der Waals surface area contributed by atoms with E-state index in [2.05, 4.69) is 5.16 Å². The molecule has 0 saturated carbocycles. The van der Waals surface area contributed by atoms with Crippen LogP contribution in [0, 0.1) is 5.82 Å². The molecule has 0 aliphatic heterocycles. The lowest BCUT2D eigenvalue weighted by atomic mass is 10.1. The minimum Gasteiger partial charge on any atom is -0.497 e. The van der Waals surface area contributed by atoms with E-state index < -0.39 is 5.97 Å². The highest BCUT2D eigenvalue weighted by Crippen LogP contribution is 2.26. The second-order valence-corrected chi connectivity index (χ2v) is 5.33. The topological polar surface area (TPSA) is 70.8 Å². The third-order valence-corrected chi connectivity index (χ3v) is 3.67. The average Bonchev–Trinajstić information content (AvgIpc) is 3.15. The van der Waals surface area contributed by atoms with Crippen LogP contribution in [-0.2, 0) is 11.3 Å². The Balaban J connectivity index is 1.68. The number of methoxy groups -OCH3 is 2. The zero-order chi connectivity index (χ0) is 18.5. The Hall–Kier alpha value is -3.35. The van der Waals surface area contributed by atoms with Crippen molar-refractivity contribution < 1.29 is 27.9 Å². The van der Waals surface area contributed by atoms with Gasteiger partial charge in [0.05, 0.1) is 14.2 Å². The van der Waals surface area contributed by atoms with E-state index in [1.54, 1.807) is 36.4 Å². The van der Waals surface area contributed by atoms with Gasteiger partial charge in [0.25, 0.3) is 0 Å². The van der Waals surface area contributed by atoms with Gasteiger partial charge in [-0.3, -0.25) is 0 Å². The van der Waals surface area contributed by atoms with Gasteiger partial charge in [-0.2, -0.15) is 0 Å². The van der Waals surface area contributed by atoms with E-state index in [9.17, 15) is 9.18 Å². The first-order valence-corrected chi connectivity index (χ1v) is 7.71. The highest BCUT2D eigenvalue weighted by atomic mass is 19.1. The summed E-state index contributed by atoms with van der Waals surface area (Å²) in [5.74, 6) is 0.477. The molecule has 0 radical (unpaired) electrons. The van der Waals surface area contributed by atoms with Crippen molar-refractivity contribution in [3.8, 4) is 22.8 Å². The molecular formula is C19H16FNO5. The molecule has 0 saturated heterocycles. The normalized spacial score (nSPS) is 10.4. The van der Waals surface area contributed by atoms with Gasteiger partial charge < -0.3 is 18.7 Å². The van der Waals surface area contributed by atoms with Gasteiger partial charge in [0, 0.05) is 17.7 Å². The van der Waals surface area contributed by atoms with Gasteiger partial charge in [0.2, 0.25) is 0 Å². The molecule has 0 N–H and O–H groups in total. The average molecular weight is 357 g/mol. The molecule has 0 atom stereocenters. The van der Waals surface area contributed by atoms with Crippen molar-refractivity contribution >= 4 is 5.97 Å². The standard InChI is InChI=1S/C19H16FNO5/c1-23-15-7-8-16(18(10-15)24-2)19(22)25-11-14-9-17(26-21-14)12-3-5-13(20)6-4-12/h3-10H,11H2,1-2H3. The second-order valence-electron chi connectivity index (χ2n) is 5.33. The lowest BCUT2D eigenvalue weighted by molar-refractivity contribution is 0.0460. The number of carbonyl (C=O) groups excluding carboxylic acids is 1. The van der Waals surface area contributed by atoms with E-state index in [0.717, 1.165) is 0 Å². The molecule has 0 aliphatic carbocycles. The summed E-state index contributed by atoms with van der Waals surface area (Å²) < 4.78 is 33.7. The molecule has 3 rings (SSSR count). The van der Waals surface area contributed by atoms with Crippen LogP contribution in [0.5, 0.6) is 11.5 Å². The molecule has 26 heavy (non-hydrogen) atoms. The molecule has 134 valence electrons. The summed E-state index contributed by atoms with van der Waals surface area (Å²) in [6.07, 6.45) is 0. The van der Waals surface area contributed by atoms with E-state index in [-0.39, 0.29) is 18.0 Å². The molecule has 7 heteroatoms. The Kier molecular flexibility index (Phi) is 5.17. The Labute approximate surface area is 149 Å². The largest absolute Gasteiger partial charge is 0.497 e. The maximum atomic E-state index is 13.0. The number of halogens is 1. The Bertz CT molecular complexity index is 905. The Morgan fingerprint density at radius 3 is 2.54 bits per heavy atom. The van der Waals surface area contributed by atoms with Gasteiger partial charge in [-0.25, -0.2) is 9.18 Å². The summed E-state index contributed by atoms with van der Waals surface area (Å²) in [7, 11) is 2.98. The van der Waals surface area contributed by atoms with Crippen LogP contribution in [0.1, 0.15) is 16.1 Å². The lowest BCUT2D eigenvalue weighted by Gasteiger charge is -2.09. The second kappa shape index (κ2) is 7.69. The zero-order valence-electron chi connectivity index (χ0n) is 14.2. The molecule has 0 fully saturated rings. The molecule has 0 spiro atoms. The fourth-order valence-electron chi connectivity index (χ4n) is 2.31. The fourth-order valence-corrected chi connectivity index (χ4v) is 2.31. The van der Waals surface area contributed by atoms with Gasteiger partial charge in [-0.05, 0) is 36.4 Å². The van der Waals surface area contributed by atoms with Gasteiger partial charge >= 0.3 is 5.97 Å². The first kappa shape index (κ1) is 17.5. The molecule has 0 aliphatic rings. The van der Waals surface area contributed by atoms with Crippen LogP contribution in [0.4, 0.5) is 4.39 Å². The minimum absolute atomic E-state index is 0.0707. The van der Waals surface area contributed by atoms with Crippen molar-refractivity contribution in [2.45, 2.75) is 6.61 Å². The molecular weight excluding hydrogens is 341 g/mol. The van der Waals surface area contributed by atoms with Gasteiger partial charge in [0.15, 0.2) is 5.76 Å². The number of carbonyl (C=O) groups is 1. The number of rotatable bonds is 6. The quantitative estimate of drug-likeness (QED) is 0.624. The number of esters is 1. The molecule has 6 nitrogen and oxygen atoms in total. The molecule has 1 heterocycles. The Morgan fingerprint density at radius 2 is 1.85 bits per heavy atom. The van der Waals surface area contributed by atoms with Crippen LogP contribution in [0.2, 0.25) is 0 Å². The van der Waals surface area contributed by atoms with Crippen LogP contribution >= 0.6 is 0 Å². The fraction of sp³-hybridized carbons (Fsp3) is 0.158. The Morgan fingerprint density at radius 1 is 1.08 bits per heavy atom. The van der Waals surface area contributed by atoms with E-state index in [4.69, 9.17) is 18.7 Å². The number of hydrogen-bond donors (Lipinski definition) is 0. The van der Waals surface area contributed by atoms with Crippen molar-refractivity contribution in [2.24, 2.45) is 0 Å². The molecule has 1 aromatic heterocycles. The summed E-state index contributed by atoms with van der Waals surface area (Å²) in [5, 5.41) is 3.85. The third kappa shape index (κ3) is 3.83. The summed E-state index contributed by atoms with van der Waals surface area (Å²) >= 11 is 0. The monoisotopic (exact) mass is 357 g/mol. The number of hydrogen-bond acceptors (Lipinski definition) is 6. The zero-order valence-corrected chi connectivity index (χ0v) is 14.2. The van der Waals surface area contributed by atoms with Gasteiger partial charge in [0.1, 0.15) is 35.2 Å². The van der Waals surface area contributed by atoms with Crippen LogP contribution in [-0.4, -0.2) is 25.3 Å². The van der Waals surface area contributed by atoms with E-state index in [0.29, 0.717) is 28.5 Å². The molecule has 0 bridgehead atoms. The maximum absolute atomic E-state index is 13.0. The first-order chi connectivity index (χ1) is 12.6. The van der Waals surface area contributed by atoms with Crippen molar-refractivity contribution in [3.63, 3.8) is 0 Å². The van der Waals surface area contributed by atoms with E-state index in [1.807, 2.05) is 0 Å². The lowest BCUT2D eigenvalue weighted by Crippen LogP contribution is -2.07. The number of ether oxygens (including phenoxy) is 3. The molecule has 2 aromatic carbocycles. The van der Waals surface area contributed by atoms with Crippen molar-refractivity contribution in [1.29, 1.82) is 0 Å². The van der Waals surface area contributed by atoms with E-state index >= 15 is 0 Å². The minimum atomic E-state index is -0.559. The SMILES string of the molecule is COc1ccc(C(=O)OCc2cc(-c3ccc(F)cc3)on2)c(OC)c1. The summed E-state index contributed by atoms with van der Waals surface area (Å²) in [6, 6.07) is 12.2. The van der Waals surface area contributed by atoms with Crippen molar-refractivity contribution in [3.05, 3.63) is 65.6 Å². The van der Waals surface area contributed by atoms with Crippen LogP contribution in [0.25, 0.3) is 11.3 Å². The predicted molar refractivity (Wildman–Crippen MR) is 90.6 cm³/mol. The van der Waals surface area contributed by atoms with Crippen molar-refractivity contribution in [1.82, 2.24) is 5.16 Å². The molecule has 0 amide bonds. The van der Waals surface area contributed by atoms with Gasteiger partial charge in [-0.15, -0.1) is 0 Å². The van der Waals surface area contributed by atoms with E-state index in [1.165, 1.54) is 26.4 Å². The summed E-state index contributed by atoms with van der Waals surface area (Å²) in [5.41, 5.74) is 1.38. The molecule has 3 aromatic rings. The summed E-state index contributed by atoms with van der Waals surface area (Å²) in [4.78, 5) is 12.3. The third-order valence-electron chi connectivity index (χ3n) is 3.67. The molecule has 0 unspecified atom stereocenters. The smallest absolute Gasteiger partial charge is 0.342 e. The maximum Gasteiger partial charge on any atom is 0.342 e. The highest BCUT2D eigenvalue weighted by molar-refractivity contribution is 5.92. The van der Waals surface area contributed by atoms with Crippen molar-refractivity contribution in [2.75, 3.05) is 14.2 Å². The number of nitrogens with zero attached hydrogens (tertiary/aromatic N) is 1. The van der Waals surface area contributed by atoms with Crippen LogP contribution in [0.3, 0.4) is 0 Å². The van der Waals surface area contributed by atoms with Gasteiger partial charge in [-0.1, -0.05) is 5.16 Å². The number of aromatic nitrogens is 1. The highest BCUT2D eigenvalue weighted by Gasteiger charge is 2.16. The first-order valence-electron chi connectivity index (χ1n) is 7.71. The predicted octanol–water partition coefficient (Wildman–Crippen LogP) is 3.85. The van der Waals surface area contributed by atoms with Crippen LogP contribution in [0.15, 0.2) is 53.1 Å². The summed E-state index contributed by atoms with van der Waals surface area (Å²) in [6.45, 7) is -0.0707. The number of benzene rings is 2. The van der Waals surface area contributed by atoms with Crippen LogP contribution < -0.4 is 9.47 Å².